The van der Waals surface area contributed by atoms with Crippen molar-refractivity contribution in [1.82, 2.24) is 0 Å². The van der Waals surface area contributed by atoms with E-state index >= 15 is 0 Å². The van der Waals surface area contributed by atoms with Crippen molar-refractivity contribution >= 4 is 29.3 Å². The average Bonchev–Trinajstić information content (AvgIpc) is 3.01. The Labute approximate surface area is 108 Å². The first kappa shape index (κ1) is 10.9. The maximum Gasteiger partial charge on any atom is 0.363 e. The first-order valence-corrected chi connectivity index (χ1v) is 6.32. The van der Waals surface area contributed by atoms with Gasteiger partial charge in [0.15, 0.2) is 5.70 Å². The molecule has 0 aliphatic carbocycles. The van der Waals surface area contributed by atoms with Gasteiger partial charge in [-0.3, -0.25) is 0 Å². The summed E-state index contributed by atoms with van der Waals surface area (Å²) in [6.07, 6.45) is 1.73. The van der Waals surface area contributed by atoms with Crippen molar-refractivity contribution in [2.45, 2.75) is 0 Å². The summed E-state index contributed by atoms with van der Waals surface area (Å²) in [5, 5.41) is 1.92. The molecule has 0 saturated heterocycles. The van der Waals surface area contributed by atoms with Gasteiger partial charge in [-0.05, 0) is 23.1 Å². The summed E-state index contributed by atoms with van der Waals surface area (Å²) in [4.78, 5) is 16.8. The molecule has 2 aromatic rings. The zero-order valence-electron chi connectivity index (χ0n) is 9.37. The minimum absolute atomic E-state index is 0.338. The maximum atomic E-state index is 11.7. The topological polar surface area (TPSA) is 38.7 Å². The number of nitrogens with zero attached hydrogens (tertiary/aromatic N) is 1. The smallest absolute Gasteiger partial charge is 0.363 e. The van der Waals surface area contributed by atoms with Gasteiger partial charge in [0, 0.05) is 0 Å². The fourth-order valence-electron chi connectivity index (χ4n) is 1.62. The van der Waals surface area contributed by atoms with Crippen LogP contribution in [-0.4, -0.2) is 11.9 Å². The Morgan fingerprint density at radius 2 is 1.94 bits per heavy atom. The molecule has 3 nitrogen and oxygen atoms in total. The highest BCUT2D eigenvalue weighted by atomic mass is 32.1. The SMILES string of the molecule is O=C1OC(c2cccs2)=N/C1=C\c1ccccc1. The zero-order valence-corrected chi connectivity index (χ0v) is 10.2. The molecule has 0 bridgehead atoms. The van der Waals surface area contributed by atoms with Gasteiger partial charge in [-0.1, -0.05) is 36.4 Å². The van der Waals surface area contributed by atoms with Crippen molar-refractivity contribution in [3.8, 4) is 0 Å². The minimum Gasteiger partial charge on any atom is -0.401 e. The lowest BCUT2D eigenvalue weighted by Gasteiger charge is -1.93. The molecule has 0 unspecified atom stereocenters. The third-order valence-electron chi connectivity index (χ3n) is 2.46. The van der Waals surface area contributed by atoms with Gasteiger partial charge in [-0.25, -0.2) is 9.79 Å². The Morgan fingerprint density at radius 1 is 1.11 bits per heavy atom. The molecule has 0 saturated carbocycles. The fourth-order valence-corrected chi connectivity index (χ4v) is 2.27. The third-order valence-corrected chi connectivity index (χ3v) is 3.31. The van der Waals surface area contributed by atoms with Gasteiger partial charge in [0.25, 0.3) is 0 Å². The zero-order chi connectivity index (χ0) is 12.4. The van der Waals surface area contributed by atoms with E-state index in [1.807, 2.05) is 47.8 Å². The molecular weight excluding hydrogens is 246 g/mol. The molecule has 0 amide bonds. The standard InChI is InChI=1S/C14H9NO2S/c16-14-11(9-10-5-2-1-3-6-10)15-13(17-14)12-7-4-8-18-12/h1-9H/b11-9-. The van der Waals surface area contributed by atoms with Crippen LogP contribution in [0.5, 0.6) is 0 Å². The molecule has 0 N–H and O–H groups in total. The Kier molecular flexibility index (Phi) is 2.78. The molecule has 88 valence electrons. The second-order valence-corrected chi connectivity index (χ2v) is 4.67. The molecule has 1 aromatic heterocycles. The van der Waals surface area contributed by atoms with E-state index in [0.29, 0.717) is 11.6 Å². The molecule has 3 rings (SSSR count). The third kappa shape index (κ3) is 2.10. The summed E-state index contributed by atoms with van der Waals surface area (Å²) >= 11 is 1.50. The minimum atomic E-state index is -0.401. The van der Waals surface area contributed by atoms with Crippen LogP contribution >= 0.6 is 11.3 Å². The van der Waals surface area contributed by atoms with Crippen molar-refractivity contribution < 1.29 is 9.53 Å². The van der Waals surface area contributed by atoms with Gasteiger partial charge in [0.2, 0.25) is 5.90 Å². The highest BCUT2D eigenvalue weighted by molar-refractivity contribution is 7.12. The van der Waals surface area contributed by atoms with Crippen LogP contribution in [0.2, 0.25) is 0 Å². The summed E-state index contributed by atoms with van der Waals surface area (Å²) in [6, 6.07) is 13.4. The molecule has 18 heavy (non-hydrogen) atoms. The molecule has 1 aliphatic heterocycles. The lowest BCUT2D eigenvalue weighted by Crippen LogP contribution is -2.03. The van der Waals surface area contributed by atoms with Crippen LogP contribution in [0.4, 0.5) is 0 Å². The van der Waals surface area contributed by atoms with Crippen molar-refractivity contribution in [1.29, 1.82) is 0 Å². The highest BCUT2D eigenvalue weighted by Gasteiger charge is 2.24. The van der Waals surface area contributed by atoms with E-state index in [1.54, 1.807) is 6.08 Å². The summed E-state index contributed by atoms with van der Waals surface area (Å²) in [7, 11) is 0. The van der Waals surface area contributed by atoms with Crippen molar-refractivity contribution in [3.63, 3.8) is 0 Å². The van der Waals surface area contributed by atoms with Gasteiger partial charge in [0.05, 0.1) is 4.88 Å². The van der Waals surface area contributed by atoms with Crippen LogP contribution in [0, 0.1) is 0 Å². The molecule has 4 heteroatoms. The number of rotatable bonds is 2. The number of hydrogen-bond donors (Lipinski definition) is 0. The van der Waals surface area contributed by atoms with E-state index in [1.165, 1.54) is 11.3 Å². The Morgan fingerprint density at radius 3 is 2.67 bits per heavy atom. The van der Waals surface area contributed by atoms with E-state index in [-0.39, 0.29) is 0 Å². The van der Waals surface area contributed by atoms with Crippen LogP contribution in [0.3, 0.4) is 0 Å². The molecule has 0 fully saturated rings. The first-order chi connectivity index (χ1) is 8.83. The van der Waals surface area contributed by atoms with E-state index < -0.39 is 5.97 Å². The van der Waals surface area contributed by atoms with Crippen LogP contribution in [-0.2, 0) is 9.53 Å². The number of aliphatic imine (C=N–C) groups is 1. The number of carbonyl (C=O) groups is 1. The molecule has 0 atom stereocenters. The van der Waals surface area contributed by atoms with E-state index in [9.17, 15) is 4.79 Å². The highest BCUT2D eigenvalue weighted by Crippen LogP contribution is 2.21. The maximum absolute atomic E-state index is 11.7. The van der Waals surface area contributed by atoms with Gasteiger partial charge < -0.3 is 4.74 Å². The second-order valence-electron chi connectivity index (χ2n) is 3.72. The summed E-state index contributed by atoms with van der Waals surface area (Å²) < 4.78 is 5.14. The number of benzene rings is 1. The Balaban J connectivity index is 1.94. The fraction of sp³-hybridized carbons (Fsp3) is 0. The number of carbonyl (C=O) groups excluding carboxylic acids is 1. The summed E-state index contributed by atoms with van der Waals surface area (Å²) in [5.41, 5.74) is 1.27. The number of thiophene rings is 1. The number of esters is 1. The van der Waals surface area contributed by atoms with Gasteiger partial charge in [-0.15, -0.1) is 11.3 Å². The predicted octanol–water partition coefficient (Wildman–Crippen LogP) is 3.09. The first-order valence-electron chi connectivity index (χ1n) is 5.44. The quantitative estimate of drug-likeness (QED) is 0.611. The van der Waals surface area contributed by atoms with E-state index in [4.69, 9.17) is 4.74 Å². The lowest BCUT2D eigenvalue weighted by molar-refractivity contribution is -0.129. The summed E-state index contributed by atoms with van der Waals surface area (Å²) in [5.74, 6) is -0.0144. The van der Waals surface area contributed by atoms with Crippen LogP contribution < -0.4 is 0 Å². The molecule has 0 spiro atoms. The van der Waals surface area contributed by atoms with Crippen molar-refractivity contribution in [2.24, 2.45) is 4.99 Å². The van der Waals surface area contributed by atoms with Crippen LogP contribution in [0.1, 0.15) is 10.4 Å². The number of ether oxygens (including phenoxy) is 1. The normalized spacial score (nSPS) is 16.8. The van der Waals surface area contributed by atoms with Crippen molar-refractivity contribution in [3.05, 3.63) is 64.0 Å². The van der Waals surface area contributed by atoms with Gasteiger partial charge in [0.1, 0.15) is 0 Å². The van der Waals surface area contributed by atoms with Crippen molar-refractivity contribution in [2.75, 3.05) is 0 Å². The Bertz CT molecular complexity index is 627. The van der Waals surface area contributed by atoms with Gasteiger partial charge >= 0.3 is 5.97 Å². The van der Waals surface area contributed by atoms with Crippen LogP contribution in [0.15, 0.2) is 58.5 Å². The number of hydrogen-bond acceptors (Lipinski definition) is 4. The summed E-state index contributed by atoms with van der Waals surface area (Å²) in [6.45, 7) is 0. The van der Waals surface area contributed by atoms with Crippen LogP contribution in [0.25, 0.3) is 6.08 Å². The lowest BCUT2D eigenvalue weighted by atomic mass is 10.2. The predicted molar refractivity (Wildman–Crippen MR) is 71.4 cm³/mol. The number of cyclic esters (lactones) is 1. The monoisotopic (exact) mass is 255 g/mol. The molecule has 0 radical (unpaired) electrons. The Hall–Kier alpha value is -2.20. The molecule has 2 heterocycles. The van der Waals surface area contributed by atoms with E-state index in [2.05, 4.69) is 4.99 Å². The van der Waals surface area contributed by atoms with E-state index in [0.717, 1.165) is 10.4 Å². The second kappa shape index (κ2) is 4.58. The van der Waals surface area contributed by atoms with Gasteiger partial charge in [-0.2, -0.15) is 0 Å². The molecule has 1 aliphatic rings. The largest absolute Gasteiger partial charge is 0.401 e. The average molecular weight is 255 g/mol. The molecular formula is C14H9NO2S. The molecule has 1 aromatic carbocycles.